The molecule has 0 bridgehead atoms. The molecule has 0 aliphatic heterocycles. The van der Waals surface area contributed by atoms with Crippen molar-refractivity contribution in [2.75, 3.05) is 11.9 Å². The van der Waals surface area contributed by atoms with Crippen LogP contribution in [0, 0.1) is 0 Å². The molecule has 5 nitrogen and oxygen atoms in total. The fraction of sp³-hybridized carbons (Fsp3) is 0.176. The summed E-state index contributed by atoms with van der Waals surface area (Å²) < 4.78 is 5.49. The summed E-state index contributed by atoms with van der Waals surface area (Å²) in [5, 5.41) is 11.7. The first-order valence-electron chi connectivity index (χ1n) is 6.97. The molecule has 0 aliphatic rings. The molecule has 1 amide bonds. The van der Waals surface area contributed by atoms with Gasteiger partial charge in [-0.2, -0.15) is 0 Å². The molecular weight excluding hydrogens is 282 g/mol. The fourth-order valence-corrected chi connectivity index (χ4v) is 1.93. The highest BCUT2D eigenvalue weighted by atomic mass is 16.5. The fourth-order valence-electron chi connectivity index (χ4n) is 1.93. The van der Waals surface area contributed by atoms with Crippen LogP contribution in [-0.2, 0) is 4.79 Å². The van der Waals surface area contributed by atoms with Crippen LogP contribution in [0.4, 0.5) is 5.69 Å². The van der Waals surface area contributed by atoms with Crippen molar-refractivity contribution in [3.8, 4) is 5.75 Å². The average molecular weight is 299 g/mol. The molecule has 0 heterocycles. The predicted molar refractivity (Wildman–Crippen MR) is 83.2 cm³/mol. The van der Waals surface area contributed by atoms with Crippen LogP contribution >= 0.6 is 0 Å². The van der Waals surface area contributed by atoms with Gasteiger partial charge in [-0.3, -0.25) is 4.79 Å². The van der Waals surface area contributed by atoms with E-state index < -0.39 is 5.97 Å². The normalized spacial score (nSPS) is 10.0. The SMILES string of the molecule is O=C(CCCOc1ccccc1)Nc1ccccc1C(=O)O. The van der Waals surface area contributed by atoms with Crippen molar-refractivity contribution < 1.29 is 19.4 Å². The molecule has 0 unspecified atom stereocenters. The summed E-state index contributed by atoms with van der Waals surface area (Å²) in [6.07, 6.45) is 0.816. The number of carboxylic acids is 1. The molecule has 2 aromatic carbocycles. The highest BCUT2D eigenvalue weighted by molar-refractivity contribution is 6.00. The lowest BCUT2D eigenvalue weighted by molar-refractivity contribution is -0.116. The Morgan fingerprint density at radius 1 is 1.00 bits per heavy atom. The van der Waals surface area contributed by atoms with Gasteiger partial charge in [0, 0.05) is 6.42 Å². The summed E-state index contributed by atoms with van der Waals surface area (Å²) in [6.45, 7) is 0.429. The van der Waals surface area contributed by atoms with E-state index in [1.54, 1.807) is 18.2 Å². The third kappa shape index (κ3) is 4.63. The molecule has 5 heteroatoms. The van der Waals surface area contributed by atoms with Crippen molar-refractivity contribution in [1.82, 2.24) is 0 Å². The van der Waals surface area contributed by atoms with Gasteiger partial charge in [0.15, 0.2) is 0 Å². The number of anilines is 1. The highest BCUT2D eigenvalue weighted by Gasteiger charge is 2.11. The van der Waals surface area contributed by atoms with Gasteiger partial charge in [0.1, 0.15) is 5.75 Å². The number of para-hydroxylation sites is 2. The van der Waals surface area contributed by atoms with Crippen LogP contribution in [-0.4, -0.2) is 23.6 Å². The first-order valence-corrected chi connectivity index (χ1v) is 6.97. The zero-order valence-corrected chi connectivity index (χ0v) is 12.0. The molecule has 0 atom stereocenters. The van der Waals surface area contributed by atoms with Crippen LogP contribution in [0.1, 0.15) is 23.2 Å². The summed E-state index contributed by atoms with van der Waals surface area (Å²) >= 11 is 0. The standard InChI is InChI=1S/C17H17NO4/c19-16(11-6-12-22-13-7-2-1-3-8-13)18-15-10-5-4-9-14(15)17(20)21/h1-5,7-10H,6,11-12H2,(H,18,19)(H,20,21). The summed E-state index contributed by atoms with van der Waals surface area (Å²) in [5.74, 6) is -0.534. The maximum atomic E-state index is 11.8. The van der Waals surface area contributed by atoms with E-state index in [-0.39, 0.29) is 17.9 Å². The van der Waals surface area contributed by atoms with E-state index in [4.69, 9.17) is 9.84 Å². The van der Waals surface area contributed by atoms with Crippen LogP contribution < -0.4 is 10.1 Å². The highest BCUT2D eigenvalue weighted by Crippen LogP contribution is 2.15. The number of ether oxygens (including phenoxy) is 1. The Balaban J connectivity index is 1.78. The minimum atomic E-state index is -1.07. The molecule has 0 saturated carbocycles. The van der Waals surface area contributed by atoms with Gasteiger partial charge in [-0.25, -0.2) is 4.79 Å². The number of amides is 1. The van der Waals surface area contributed by atoms with Crippen molar-refractivity contribution in [3.63, 3.8) is 0 Å². The van der Waals surface area contributed by atoms with E-state index >= 15 is 0 Å². The predicted octanol–water partition coefficient (Wildman–Crippen LogP) is 3.18. The lowest BCUT2D eigenvalue weighted by atomic mass is 10.1. The van der Waals surface area contributed by atoms with Gasteiger partial charge in [0.25, 0.3) is 0 Å². The van der Waals surface area contributed by atoms with E-state index in [1.165, 1.54) is 6.07 Å². The van der Waals surface area contributed by atoms with Gasteiger partial charge in [-0.05, 0) is 30.7 Å². The Morgan fingerprint density at radius 3 is 2.41 bits per heavy atom. The second-order valence-electron chi connectivity index (χ2n) is 4.66. The largest absolute Gasteiger partial charge is 0.494 e. The van der Waals surface area contributed by atoms with Crippen molar-refractivity contribution >= 4 is 17.6 Å². The third-order valence-corrected chi connectivity index (χ3v) is 2.99. The number of hydrogen-bond acceptors (Lipinski definition) is 3. The molecule has 0 saturated heterocycles. The van der Waals surface area contributed by atoms with Crippen LogP contribution in [0.3, 0.4) is 0 Å². The van der Waals surface area contributed by atoms with Gasteiger partial charge in [-0.15, -0.1) is 0 Å². The molecule has 0 spiro atoms. The number of hydrogen-bond donors (Lipinski definition) is 2. The number of nitrogens with one attached hydrogen (secondary N) is 1. The molecule has 2 N–H and O–H groups in total. The molecule has 2 rings (SSSR count). The van der Waals surface area contributed by atoms with E-state index in [9.17, 15) is 9.59 Å². The van der Waals surface area contributed by atoms with Crippen molar-refractivity contribution in [1.29, 1.82) is 0 Å². The monoisotopic (exact) mass is 299 g/mol. The summed E-state index contributed by atoms with van der Waals surface area (Å²) in [4.78, 5) is 22.9. The molecular formula is C17H17NO4. The minimum absolute atomic E-state index is 0.0800. The Hall–Kier alpha value is -2.82. The second-order valence-corrected chi connectivity index (χ2v) is 4.66. The Kier molecular flexibility index (Phi) is 5.54. The van der Waals surface area contributed by atoms with E-state index in [0.717, 1.165) is 5.75 Å². The van der Waals surface area contributed by atoms with Gasteiger partial charge < -0.3 is 15.2 Å². The van der Waals surface area contributed by atoms with E-state index in [1.807, 2.05) is 30.3 Å². The number of aromatic carboxylic acids is 1. The molecule has 0 aliphatic carbocycles. The Morgan fingerprint density at radius 2 is 1.68 bits per heavy atom. The molecule has 0 aromatic heterocycles. The molecule has 0 fully saturated rings. The first-order chi connectivity index (χ1) is 10.7. The number of rotatable bonds is 7. The van der Waals surface area contributed by atoms with E-state index in [0.29, 0.717) is 18.7 Å². The van der Waals surface area contributed by atoms with Crippen molar-refractivity contribution in [2.24, 2.45) is 0 Å². The number of carbonyl (C=O) groups is 2. The zero-order chi connectivity index (χ0) is 15.8. The average Bonchev–Trinajstić information content (AvgIpc) is 2.53. The topological polar surface area (TPSA) is 75.6 Å². The summed E-state index contributed by atoms with van der Waals surface area (Å²) in [5.41, 5.74) is 0.389. The molecule has 114 valence electrons. The van der Waals surface area contributed by atoms with Crippen LogP contribution in [0.2, 0.25) is 0 Å². The second kappa shape index (κ2) is 7.83. The van der Waals surface area contributed by atoms with E-state index in [2.05, 4.69) is 5.32 Å². The van der Waals surface area contributed by atoms with Crippen molar-refractivity contribution in [2.45, 2.75) is 12.8 Å². The quantitative estimate of drug-likeness (QED) is 0.770. The third-order valence-electron chi connectivity index (χ3n) is 2.99. The Labute approximate surface area is 128 Å². The molecule has 22 heavy (non-hydrogen) atoms. The number of benzene rings is 2. The first kappa shape index (κ1) is 15.6. The van der Waals surface area contributed by atoms with Gasteiger partial charge in [-0.1, -0.05) is 30.3 Å². The maximum Gasteiger partial charge on any atom is 0.337 e. The van der Waals surface area contributed by atoms with Gasteiger partial charge in [0.05, 0.1) is 17.9 Å². The molecule has 0 radical (unpaired) electrons. The lowest BCUT2D eigenvalue weighted by Crippen LogP contribution is -2.15. The maximum absolute atomic E-state index is 11.8. The summed E-state index contributed by atoms with van der Waals surface area (Å²) in [7, 11) is 0. The van der Waals surface area contributed by atoms with Crippen LogP contribution in [0.5, 0.6) is 5.75 Å². The van der Waals surface area contributed by atoms with Crippen LogP contribution in [0.25, 0.3) is 0 Å². The Bertz CT molecular complexity index is 640. The van der Waals surface area contributed by atoms with Gasteiger partial charge in [0.2, 0.25) is 5.91 Å². The smallest absolute Gasteiger partial charge is 0.337 e. The molecule has 2 aromatic rings. The van der Waals surface area contributed by atoms with Crippen molar-refractivity contribution in [3.05, 3.63) is 60.2 Å². The minimum Gasteiger partial charge on any atom is -0.494 e. The number of carbonyl (C=O) groups excluding carboxylic acids is 1. The zero-order valence-electron chi connectivity index (χ0n) is 12.0. The van der Waals surface area contributed by atoms with Crippen LogP contribution in [0.15, 0.2) is 54.6 Å². The van der Waals surface area contributed by atoms with Gasteiger partial charge >= 0.3 is 5.97 Å². The lowest BCUT2D eigenvalue weighted by Gasteiger charge is -2.09. The summed E-state index contributed by atoms with van der Waals surface area (Å²) in [6, 6.07) is 15.7. The number of carboxylic acid groups (broad SMARTS) is 1.